The molecule has 0 radical (unpaired) electrons. The molecule has 162 valence electrons. The number of sulfonamides is 1. The molecule has 0 aliphatic carbocycles. The highest BCUT2D eigenvalue weighted by Crippen LogP contribution is 2.23. The largest absolute Gasteiger partial charge is 0.441 e. The van der Waals surface area contributed by atoms with Gasteiger partial charge in [-0.2, -0.15) is 4.31 Å². The van der Waals surface area contributed by atoms with Crippen molar-refractivity contribution in [1.29, 1.82) is 0 Å². The lowest BCUT2D eigenvalue weighted by Crippen LogP contribution is -2.35. The standard InChI is InChI=1S/C23H25N3O4S/c1-17-21(25-23(30-17)19-10-4-2-5-11-19)22(27)24-16-18-9-8-12-20(15-18)31(28,29)26-13-6-3-7-14-26/h2,4-5,8-12,15H,3,6-7,13-14,16H2,1H3,(H,24,27). The SMILES string of the molecule is Cc1oc(-c2ccccc2)nc1C(=O)NCc1cccc(S(=O)(=O)N2CCCCC2)c1. The number of benzene rings is 2. The van der Waals surface area contributed by atoms with Gasteiger partial charge in [-0.15, -0.1) is 0 Å². The van der Waals surface area contributed by atoms with Crippen LogP contribution in [0.4, 0.5) is 0 Å². The van der Waals surface area contributed by atoms with Gasteiger partial charge in [0.1, 0.15) is 5.76 Å². The fraction of sp³-hybridized carbons (Fsp3) is 0.304. The number of rotatable bonds is 6. The van der Waals surface area contributed by atoms with Gasteiger partial charge in [-0.3, -0.25) is 4.79 Å². The molecule has 0 bridgehead atoms. The van der Waals surface area contributed by atoms with Crippen LogP contribution in [0.3, 0.4) is 0 Å². The van der Waals surface area contributed by atoms with Crippen LogP contribution in [0.5, 0.6) is 0 Å². The van der Waals surface area contributed by atoms with Crippen molar-refractivity contribution in [1.82, 2.24) is 14.6 Å². The highest BCUT2D eigenvalue weighted by molar-refractivity contribution is 7.89. The second kappa shape index (κ2) is 9.03. The van der Waals surface area contributed by atoms with E-state index in [1.54, 1.807) is 31.2 Å². The van der Waals surface area contributed by atoms with Crippen LogP contribution in [0.15, 0.2) is 63.9 Å². The first-order valence-electron chi connectivity index (χ1n) is 10.4. The molecule has 8 heteroatoms. The van der Waals surface area contributed by atoms with Crippen LogP contribution >= 0.6 is 0 Å². The number of hydrogen-bond donors (Lipinski definition) is 1. The summed E-state index contributed by atoms with van der Waals surface area (Å²) in [7, 11) is -3.52. The zero-order chi connectivity index (χ0) is 21.8. The van der Waals surface area contributed by atoms with Crippen molar-refractivity contribution in [2.45, 2.75) is 37.6 Å². The number of nitrogens with one attached hydrogen (secondary N) is 1. The molecule has 0 unspecified atom stereocenters. The predicted molar refractivity (Wildman–Crippen MR) is 117 cm³/mol. The van der Waals surface area contributed by atoms with E-state index in [9.17, 15) is 13.2 Å². The molecule has 1 aliphatic rings. The van der Waals surface area contributed by atoms with Crippen LogP contribution in [0.2, 0.25) is 0 Å². The summed E-state index contributed by atoms with van der Waals surface area (Å²) in [6.45, 7) is 2.99. The highest BCUT2D eigenvalue weighted by atomic mass is 32.2. The van der Waals surface area contributed by atoms with Gasteiger partial charge in [0.25, 0.3) is 5.91 Å². The average molecular weight is 440 g/mol. The third-order valence-electron chi connectivity index (χ3n) is 5.34. The molecule has 1 saturated heterocycles. The van der Waals surface area contributed by atoms with Gasteiger partial charge in [0, 0.05) is 25.2 Å². The van der Waals surface area contributed by atoms with Crippen molar-refractivity contribution >= 4 is 15.9 Å². The summed E-state index contributed by atoms with van der Waals surface area (Å²) < 4.78 is 33.0. The van der Waals surface area contributed by atoms with Crippen molar-refractivity contribution in [3.8, 4) is 11.5 Å². The molecule has 2 aromatic carbocycles. The van der Waals surface area contributed by atoms with E-state index >= 15 is 0 Å². The van der Waals surface area contributed by atoms with Crippen LogP contribution in [-0.2, 0) is 16.6 Å². The molecule has 0 saturated carbocycles. The van der Waals surface area contributed by atoms with Crippen molar-refractivity contribution in [2.75, 3.05) is 13.1 Å². The smallest absolute Gasteiger partial charge is 0.273 e. The molecule has 0 atom stereocenters. The summed E-state index contributed by atoms with van der Waals surface area (Å²) in [6, 6.07) is 16.1. The van der Waals surface area contributed by atoms with Gasteiger partial charge in [0.05, 0.1) is 4.90 Å². The molecule has 1 aromatic heterocycles. The van der Waals surface area contributed by atoms with Crippen molar-refractivity contribution in [3.05, 3.63) is 71.6 Å². The van der Waals surface area contributed by atoms with E-state index in [-0.39, 0.29) is 23.0 Å². The van der Waals surface area contributed by atoms with E-state index in [4.69, 9.17) is 4.42 Å². The Morgan fingerprint density at radius 3 is 2.55 bits per heavy atom. The van der Waals surface area contributed by atoms with Gasteiger partial charge >= 0.3 is 0 Å². The summed E-state index contributed by atoms with van der Waals surface area (Å²) in [6.07, 6.45) is 2.83. The summed E-state index contributed by atoms with van der Waals surface area (Å²) in [4.78, 5) is 17.2. The first-order valence-corrected chi connectivity index (χ1v) is 11.8. The topological polar surface area (TPSA) is 92.5 Å². The maximum absolute atomic E-state index is 12.9. The first kappa shape index (κ1) is 21.3. The van der Waals surface area contributed by atoms with Gasteiger partial charge in [-0.25, -0.2) is 13.4 Å². The molecule has 1 fully saturated rings. The second-order valence-corrected chi connectivity index (χ2v) is 9.52. The van der Waals surface area contributed by atoms with E-state index in [0.717, 1.165) is 24.8 Å². The molecule has 3 aromatic rings. The quantitative estimate of drug-likeness (QED) is 0.631. The zero-order valence-corrected chi connectivity index (χ0v) is 18.2. The summed E-state index contributed by atoms with van der Waals surface area (Å²) >= 11 is 0. The fourth-order valence-electron chi connectivity index (χ4n) is 3.65. The number of nitrogens with zero attached hydrogens (tertiary/aromatic N) is 2. The van der Waals surface area contributed by atoms with Crippen LogP contribution in [-0.4, -0.2) is 36.7 Å². The van der Waals surface area contributed by atoms with E-state index in [1.807, 2.05) is 30.3 Å². The van der Waals surface area contributed by atoms with Gasteiger partial charge < -0.3 is 9.73 Å². The molecule has 2 heterocycles. The number of piperidine rings is 1. The third-order valence-corrected chi connectivity index (χ3v) is 7.23. The molecular weight excluding hydrogens is 414 g/mol. The molecule has 7 nitrogen and oxygen atoms in total. The number of carbonyl (C=O) groups is 1. The Labute approximate surface area is 182 Å². The molecule has 1 amide bonds. The monoisotopic (exact) mass is 439 g/mol. The van der Waals surface area contributed by atoms with Crippen molar-refractivity contribution in [3.63, 3.8) is 0 Å². The molecule has 1 aliphatic heterocycles. The Balaban J connectivity index is 1.46. The number of hydrogen-bond acceptors (Lipinski definition) is 5. The van der Waals surface area contributed by atoms with Crippen LogP contribution in [0.1, 0.15) is 41.1 Å². The van der Waals surface area contributed by atoms with E-state index < -0.39 is 10.0 Å². The van der Waals surface area contributed by atoms with Gasteiger partial charge in [-0.05, 0) is 49.6 Å². The number of aromatic nitrogens is 1. The van der Waals surface area contributed by atoms with Gasteiger partial charge in [-0.1, -0.05) is 36.8 Å². The number of amides is 1. The molecule has 1 N–H and O–H groups in total. The minimum Gasteiger partial charge on any atom is -0.441 e. The minimum atomic E-state index is -3.52. The lowest BCUT2D eigenvalue weighted by Gasteiger charge is -2.26. The molecular formula is C23H25N3O4S. The normalized spacial score (nSPS) is 15.0. The lowest BCUT2D eigenvalue weighted by atomic mass is 10.2. The summed E-state index contributed by atoms with van der Waals surface area (Å²) in [5.41, 5.74) is 1.71. The number of oxazole rings is 1. The predicted octanol–water partition coefficient (Wildman–Crippen LogP) is 3.75. The second-order valence-electron chi connectivity index (χ2n) is 7.58. The fourth-order valence-corrected chi connectivity index (χ4v) is 5.24. The highest BCUT2D eigenvalue weighted by Gasteiger charge is 2.26. The Kier molecular flexibility index (Phi) is 6.20. The Morgan fingerprint density at radius 1 is 1.06 bits per heavy atom. The first-order chi connectivity index (χ1) is 14.9. The number of aryl methyl sites for hydroxylation is 1. The van der Waals surface area contributed by atoms with Crippen LogP contribution in [0.25, 0.3) is 11.5 Å². The maximum Gasteiger partial charge on any atom is 0.273 e. The van der Waals surface area contributed by atoms with Crippen LogP contribution in [0, 0.1) is 6.92 Å². The van der Waals surface area contributed by atoms with Crippen LogP contribution < -0.4 is 5.32 Å². The molecule has 31 heavy (non-hydrogen) atoms. The molecule has 4 rings (SSSR count). The van der Waals surface area contributed by atoms with Gasteiger partial charge in [0.2, 0.25) is 15.9 Å². The lowest BCUT2D eigenvalue weighted by molar-refractivity contribution is 0.0945. The summed E-state index contributed by atoms with van der Waals surface area (Å²) in [5.74, 6) is 0.448. The van der Waals surface area contributed by atoms with E-state index in [2.05, 4.69) is 10.3 Å². The van der Waals surface area contributed by atoms with Crippen molar-refractivity contribution in [2.24, 2.45) is 0 Å². The maximum atomic E-state index is 12.9. The third kappa shape index (κ3) is 4.70. The Morgan fingerprint density at radius 2 is 1.81 bits per heavy atom. The van der Waals surface area contributed by atoms with E-state index in [0.29, 0.717) is 30.3 Å². The van der Waals surface area contributed by atoms with E-state index in [1.165, 1.54) is 4.31 Å². The van der Waals surface area contributed by atoms with Gasteiger partial charge in [0.15, 0.2) is 5.69 Å². The Bertz CT molecular complexity index is 1170. The summed E-state index contributed by atoms with van der Waals surface area (Å²) in [5, 5.41) is 2.81. The molecule has 0 spiro atoms. The zero-order valence-electron chi connectivity index (χ0n) is 17.4. The Hall–Kier alpha value is -2.97. The number of carbonyl (C=O) groups excluding carboxylic acids is 1. The minimum absolute atomic E-state index is 0.190. The van der Waals surface area contributed by atoms with Crippen molar-refractivity contribution < 1.29 is 17.6 Å². The average Bonchev–Trinajstić information content (AvgIpc) is 3.20.